The summed E-state index contributed by atoms with van der Waals surface area (Å²) in [7, 11) is 0. The van der Waals surface area contributed by atoms with Gasteiger partial charge in [0.15, 0.2) is 0 Å². The highest BCUT2D eigenvalue weighted by Crippen LogP contribution is 2.31. The van der Waals surface area contributed by atoms with E-state index in [0.717, 1.165) is 17.7 Å². The molecule has 0 spiro atoms. The van der Waals surface area contributed by atoms with E-state index in [1.165, 1.54) is 12.1 Å². The number of carbonyl (C=O) groups is 1. The van der Waals surface area contributed by atoms with Crippen molar-refractivity contribution in [2.75, 3.05) is 26.3 Å². The van der Waals surface area contributed by atoms with E-state index in [0.29, 0.717) is 26.1 Å². The second-order valence-corrected chi connectivity index (χ2v) is 6.76. The fourth-order valence-electron chi connectivity index (χ4n) is 2.68. The van der Waals surface area contributed by atoms with Gasteiger partial charge in [0.2, 0.25) is 5.91 Å². The molecule has 3 rings (SSSR count). The molecule has 1 amide bonds. The molecule has 1 aliphatic heterocycles. The lowest BCUT2D eigenvalue weighted by atomic mass is 10.2. The molecular formula is C18H18F3NO3S. The molecule has 1 aliphatic rings. The number of hydrogen-bond acceptors (Lipinski definition) is 4. The molecule has 26 heavy (non-hydrogen) atoms. The Morgan fingerprint density at radius 2 is 2.19 bits per heavy atom. The molecule has 8 heteroatoms. The van der Waals surface area contributed by atoms with Crippen molar-refractivity contribution in [1.82, 2.24) is 4.90 Å². The van der Waals surface area contributed by atoms with Gasteiger partial charge in [0.1, 0.15) is 18.5 Å². The first-order chi connectivity index (χ1) is 12.4. The van der Waals surface area contributed by atoms with Gasteiger partial charge in [-0.15, -0.1) is 0 Å². The van der Waals surface area contributed by atoms with E-state index in [1.54, 1.807) is 16.2 Å². The van der Waals surface area contributed by atoms with Crippen LogP contribution in [0.4, 0.5) is 13.2 Å². The van der Waals surface area contributed by atoms with Crippen LogP contribution in [0.15, 0.2) is 41.1 Å². The maximum absolute atomic E-state index is 12.7. The minimum absolute atomic E-state index is 0.00997. The molecule has 140 valence electrons. The van der Waals surface area contributed by atoms with E-state index in [9.17, 15) is 18.0 Å². The minimum Gasteiger partial charge on any atom is -0.491 e. The van der Waals surface area contributed by atoms with E-state index in [-0.39, 0.29) is 24.4 Å². The first-order valence-corrected chi connectivity index (χ1v) is 9.06. The first kappa shape index (κ1) is 18.7. The number of hydrogen-bond donors (Lipinski definition) is 0. The van der Waals surface area contributed by atoms with Gasteiger partial charge in [-0.1, -0.05) is 6.07 Å². The number of morpholine rings is 1. The molecule has 0 bridgehead atoms. The Morgan fingerprint density at radius 1 is 1.35 bits per heavy atom. The van der Waals surface area contributed by atoms with Crippen molar-refractivity contribution >= 4 is 17.2 Å². The van der Waals surface area contributed by atoms with E-state index in [1.807, 2.05) is 16.8 Å². The van der Waals surface area contributed by atoms with Crippen molar-refractivity contribution < 1.29 is 27.4 Å². The number of thiophene rings is 1. The molecule has 1 unspecified atom stereocenters. The summed E-state index contributed by atoms with van der Waals surface area (Å²) in [4.78, 5) is 14.1. The van der Waals surface area contributed by atoms with E-state index < -0.39 is 11.7 Å². The Bertz CT molecular complexity index is 734. The molecule has 0 N–H and O–H groups in total. The molecule has 2 aromatic rings. The van der Waals surface area contributed by atoms with Crippen molar-refractivity contribution in [1.29, 1.82) is 0 Å². The predicted octanol–water partition coefficient (Wildman–Crippen LogP) is 3.62. The van der Waals surface area contributed by atoms with Gasteiger partial charge in [0.25, 0.3) is 0 Å². The molecule has 1 aromatic carbocycles. The largest absolute Gasteiger partial charge is 0.491 e. The van der Waals surface area contributed by atoms with E-state index in [4.69, 9.17) is 9.47 Å². The summed E-state index contributed by atoms with van der Waals surface area (Å²) in [5, 5.41) is 3.86. The van der Waals surface area contributed by atoms with Gasteiger partial charge in [-0.05, 0) is 40.6 Å². The van der Waals surface area contributed by atoms with Gasteiger partial charge in [-0.2, -0.15) is 24.5 Å². The van der Waals surface area contributed by atoms with Gasteiger partial charge in [0.05, 0.1) is 25.1 Å². The normalized spacial score (nSPS) is 18.0. The quantitative estimate of drug-likeness (QED) is 0.789. The van der Waals surface area contributed by atoms with Crippen LogP contribution in [0.1, 0.15) is 11.1 Å². The standard InChI is InChI=1S/C18H18F3NO3S/c19-18(20,21)14-2-1-3-15(9-14)25-11-16-10-22(5-6-24-16)17(23)8-13-4-7-26-12-13/h1-4,7,9,12,16H,5-6,8,10-11H2. The lowest BCUT2D eigenvalue weighted by molar-refractivity contribution is -0.139. The monoisotopic (exact) mass is 385 g/mol. The van der Waals surface area contributed by atoms with Crippen LogP contribution in [0.5, 0.6) is 5.75 Å². The smallest absolute Gasteiger partial charge is 0.416 e. The third kappa shape index (κ3) is 4.98. The predicted molar refractivity (Wildman–Crippen MR) is 91.3 cm³/mol. The first-order valence-electron chi connectivity index (χ1n) is 8.12. The maximum Gasteiger partial charge on any atom is 0.416 e. The molecular weight excluding hydrogens is 367 g/mol. The van der Waals surface area contributed by atoms with Crippen LogP contribution in [0.25, 0.3) is 0 Å². The summed E-state index contributed by atoms with van der Waals surface area (Å²) >= 11 is 1.54. The van der Waals surface area contributed by atoms with Crippen molar-refractivity contribution in [2.24, 2.45) is 0 Å². The zero-order chi connectivity index (χ0) is 18.6. The average molecular weight is 385 g/mol. The summed E-state index contributed by atoms with van der Waals surface area (Å²) in [5.41, 5.74) is 0.218. The number of ether oxygens (including phenoxy) is 2. The number of carbonyl (C=O) groups excluding carboxylic acids is 1. The lowest BCUT2D eigenvalue weighted by Gasteiger charge is -2.33. The fraction of sp³-hybridized carbons (Fsp3) is 0.389. The van der Waals surface area contributed by atoms with Gasteiger partial charge < -0.3 is 14.4 Å². The highest BCUT2D eigenvalue weighted by atomic mass is 32.1. The van der Waals surface area contributed by atoms with Crippen LogP contribution >= 0.6 is 11.3 Å². The Balaban J connectivity index is 1.53. The number of alkyl halides is 3. The molecule has 0 aliphatic carbocycles. The fourth-order valence-corrected chi connectivity index (χ4v) is 3.35. The van der Waals surface area contributed by atoms with E-state index in [2.05, 4.69) is 0 Å². The van der Waals surface area contributed by atoms with Crippen molar-refractivity contribution in [3.05, 3.63) is 52.2 Å². The number of rotatable bonds is 5. The average Bonchev–Trinajstić information content (AvgIpc) is 3.13. The molecule has 4 nitrogen and oxygen atoms in total. The maximum atomic E-state index is 12.7. The zero-order valence-electron chi connectivity index (χ0n) is 13.9. The minimum atomic E-state index is -4.41. The molecule has 2 heterocycles. The summed E-state index contributed by atoms with van der Waals surface area (Å²) in [6, 6.07) is 6.64. The van der Waals surface area contributed by atoms with Gasteiger partial charge >= 0.3 is 6.18 Å². The van der Waals surface area contributed by atoms with Crippen molar-refractivity contribution in [2.45, 2.75) is 18.7 Å². The number of benzene rings is 1. The molecule has 1 fully saturated rings. The van der Waals surface area contributed by atoms with Crippen molar-refractivity contribution in [3.63, 3.8) is 0 Å². The van der Waals surface area contributed by atoms with Gasteiger partial charge in [-0.3, -0.25) is 4.79 Å². The summed E-state index contributed by atoms with van der Waals surface area (Å²) in [5.74, 6) is 0.140. The summed E-state index contributed by atoms with van der Waals surface area (Å²) < 4.78 is 49.2. The summed E-state index contributed by atoms with van der Waals surface area (Å²) in [6.45, 7) is 1.33. The highest BCUT2D eigenvalue weighted by Gasteiger charge is 2.31. The van der Waals surface area contributed by atoms with Gasteiger partial charge in [-0.25, -0.2) is 0 Å². The molecule has 0 saturated carbocycles. The lowest BCUT2D eigenvalue weighted by Crippen LogP contribution is -2.48. The zero-order valence-corrected chi connectivity index (χ0v) is 14.7. The van der Waals surface area contributed by atoms with E-state index >= 15 is 0 Å². The molecule has 1 atom stereocenters. The van der Waals surface area contributed by atoms with Crippen LogP contribution < -0.4 is 4.74 Å². The second-order valence-electron chi connectivity index (χ2n) is 5.98. The Hall–Kier alpha value is -2.06. The molecule has 1 saturated heterocycles. The SMILES string of the molecule is O=C(Cc1ccsc1)N1CCOC(COc2cccc(C(F)(F)F)c2)C1. The highest BCUT2D eigenvalue weighted by molar-refractivity contribution is 7.08. The van der Waals surface area contributed by atoms with Crippen LogP contribution in [0, 0.1) is 0 Å². The van der Waals surface area contributed by atoms with Crippen molar-refractivity contribution in [3.8, 4) is 5.75 Å². The summed E-state index contributed by atoms with van der Waals surface area (Å²) in [6.07, 6.45) is -4.44. The van der Waals surface area contributed by atoms with Crippen LogP contribution in [-0.4, -0.2) is 43.2 Å². The Kier molecular flexibility index (Phi) is 5.83. The topological polar surface area (TPSA) is 38.8 Å². The number of amides is 1. The number of halogens is 3. The molecule has 1 aromatic heterocycles. The molecule has 0 radical (unpaired) electrons. The Morgan fingerprint density at radius 3 is 2.92 bits per heavy atom. The van der Waals surface area contributed by atoms with Crippen LogP contribution in [0.3, 0.4) is 0 Å². The third-order valence-electron chi connectivity index (χ3n) is 4.02. The van der Waals surface area contributed by atoms with Gasteiger partial charge in [0, 0.05) is 6.54 Å². The second kappa shape index (κ2) is 8.09. The Labute approximate surface area is 153 Å². The number of nitrogens with zero attached hydrogens (tertiary/aromatic N) is 1. The van der Waals surface area contributed by atoms with Crippen LogP contribution in [0.2, 0.25) is 0 Å². The van der Waals surface area contributed by atoms with Crippen LogP contribution in [-0.2, 0) is 22.1 Å². The third-order valence-corrected chi connectivity index (χ3v) is 4.76.